The molecule has 2 heterocycles. The van der Waals surface area contributed by atoms with Crippen LogP contribution in [0.2, 0.25) is 0 Å². The lowest BCUT2D eigenvalue weighted by molar-refractivity contribution is -0.146. The van der Waals surface area contributed by atoms with Crippen molar-refractivity contribution in [2.45, 2.75) is 25.4 Å². The highest BCUT2D eigenvalue weighted by atomic mass is 32.1. The molecule has 5 nitrogen and oxygen atoms in total. The number of thiophene rings is 1. The van der Waals surface area contributed by atoms with E-state index in [0.717, 1.165) is 24.3 Å². The summed E-state index contributed by atoms with van der Waals surface area (Å²) in [5, 5.41) is 4.85. The van der Waals surface area contributed by atoms with Gasteiger partial charge in [-0.3, -0.25) is 14.5 Å². The Morgan fingerprint density at radius 2 is 2.42 bits per heavy atom. The molecular weight excluding hydrogens is 264 g/mol. The molecule has 0 radical (unpaired) electrons. The van der Waals surface area contributed by atoms with Crippen molar-refractivity contribution < 1.29 is 14.3 Å². The van der Waals surface area contributed by atoms with Gasteiger partial charge in [-0.25, -0.2) is 0 Å². The zero-order valence-corrected chi connectivity index (χ0v) is 11.7. The van der Waals surface area contributed by atoms with Crippen molar-refractivity contribution in [1.82, 2.24) is 10.2 Å². The molecule has 1 aromatic rings. The molecule has 19 heavy (non-hydrogen) atoms. The summed E-state index contributed by atoms with van der Waals surface area (Å²) >= 11 is 1.61. The number of carbonyl (C=O) groups is 2. The summed E-state index contributed by atoms with van der Waals surface area (Å²) < 4.78 is 4.75. The topological polar surface area (TPSA) is 58.6 Å². The monoisotopic (exact) mass is 282 g/mol. The zero-order valence-electron chi connectivity index (χ0n) is 10.9. The first kappa shape index (κ1) is 14.0. The van der Waals surface area contributed by atoms with E-state index in [1.807, 2.05) is 22.4 Å². The van der Waals surface area contributed by atoms with Crippen molar-refractivity contribution in [2.75, 3.05) is 20.2 Å². The largest absolute Gasteiger partial charge is 0.468 e. The third kappa shape index (κ3) is 3.78. The van der Waals surface area contributed by atoms with Gasteiger partial charge in [0, 0.05) is 4.88 Å². The lowest BCUT2D eigenvalue weighted by Gasteiger charge is -2.21. The van der Waals surface area contributed by atoms with Crippen molar-refractivity contribution in [3.8, 4) is 0 Å². The van der Waals surface area contributed by atoms with E-state index in [0.29, 0.717) is 6.54 Å². The van der Waals surface area contributed by atoms with E-state index < -0.39 is 0 Å². The molecule has 1 atom stereocenters. The van der Waals surface area contributed by atoms with E-state index in [4.69, 9.17) is 4.74 Å². The Morgan fingerprint density at radius 3 is 3.11 bits per heavy atom. The van der Waals surface area contributed by atoms with Crippen molar-refractivity contribution in [2.24, 2.45) is 0 Å². The van der Waals surface area contributed by atoms with Gasteiger partial charge in [-0.2, -0.15) is 0 Å². The number of hydrogen-bond acceptors (Lipinski definition) is 5. The molecule has 104 valence electrons. The SMILES string of the molecule is COC(=O)C1CCCN1CC(=O)NCc1cccs1. The number of hydrogen-bond donors (Lipinski definition) is 1. The Morgan fingerprint density at radius 1 is 1.58 bits per heavy atom. The molecule has 6 heteroatoms. The fourth-order valence-corrected chi connectivity index (χ4v) is 2.90. The highest BCUT2D eigenvalue weighted by Gasteiger charge is 2.32. The summed E-state index contributed by atoms with van der Waals surface area (Å²) in [5.41, 5.74) is 0. The Balaban J connectivity index is 1.79. The molecule has 1 aliphatic rings. The minimum atomic E-state index is -0.266. The number of amides is 1. The lowest BCUT2D eigenvalue weighted by atomic mass is 10.2. The molecule has 1 N–H and O–H groups in total. The van der Waals surface area contributed by atoms with Crippen LogP contribution in [-0.2, 0) is 20.9 Å². The summed E-state index contributed by atoms with van der Waals surface area (Å²) in [6.45, 7) is 1.57. The number of likely N-dealkylation sites (tertiary alicyclic amines) is 1. The third-order valence-electron chi connectivity index (χ3n) is 3.22. The summed E-state index contributed by atoms with van der Waals surface area (Å²) in [7, 11) is 1.38. The van der Waals surface area contributed by atoms with E-state index in [1.165, 1.54) is 7.11 Å². The second kappa shape index (κ2) is 6.68. The van der Waals surface area contributed by atoms with E-state index in [1.54, 1.807) is 11.3 Å². The van der Waals surface area contributed by atoms with Crippen molar-refractivity contribution >= 4 is 23.2 Å². The molecular formula is C13H18N2O3S. The number of carbonyl (C=O) groups excluding carboxylic acids is 2. The summed E-state index contributed by atoms with van der Waals surface area (Å²) in [6.07, 6.45) is 1.70. The number of nitrogens with zero attached hydrogens (tertiary/aromatic N) is 1. The number of nitrogens with one attached hydrogen (secondary N) is 1. The average molecular weight is 282 g/mol. The van der Waals surface area contributed by atoms with Gasteiger partial charge in [0.05, 0.1) is 20.2 Å². The van der Waals surface area contributed by atoms with Crippen LogP contribution in [0.15, 0.2) is 17.5 Å². The second-order valence-electron chi connectivity index (χ2n) is 4.51. The minimum absolute atomic E-state index is 0.0517. The van der Waals surface area contributed by atoms with Crippen LogP contribution in [-0.4, -0.2) is 43.0 Å². The standard InChI is InChI=1S/C13H18N2O3S/c1-18-13(17)11-5-2-6-15(11)9-12(16)14-8-10-4-3-7-19-10/h3-4,7,11H,2,5-6,8-9H2,1H3,(H,14,16). The molecule has 0 bridgehead atoms. The van der Waals surface area contributed by atoms with Crippen LogP contribution in [0.5, 0.6) is 0 Å². The quantitative estimate of drug-likeness (QED) is 0.819. The predicted octanol–water partition coefficient (Wildman–Crippen LogP) is 1.00. The molecule has 1 unspecified atom stereocenters. The molecule has 1 amide bonds. The lowest BCUT2D eigenvalue weighted by Crippen LogP contribution is -2.43. The van der Waals surface area contributed by atoms with E-state index in [-0.39, 0.29) is 24.5 Å². The van der Waals surface area contributed by atoms with Gasteiger partial charge in [0.2, 0.25) is 5.91 Å². The second-order valence-corrected chi connectivity index (χ2v) is 5.54. The van der Waals surface area contributed by atoms with Gasteiger partial charge in [-0.15, -0.1) is 11.3 Å². The molecule has 1 aromatic heterocycles. The maximum absolute atomic E-state index is 11.9. The molecule has 1 saturated heterocycles. The van der Waals surface area contributed by atoms with E-state index >= 15 is 0 Å². The van der Waals surface area contributed by atoms with Gasteiger partial charge in [-0.05, 0) is 30.8 Å². The van der Waals surface area contributed by atoms with Crippen LogP contribution >= 0.6 is 11.3 Å². The number of esters is 1. The maximum Gasteiger partial charge on any atom is 0.323 e. The highest BCUT2D eigenvalue weighted by molar-refractivity contribution is 7.09. The molecule has 0 saturated carbocycles. The Bertz CT molecular complexity index is 433. The van der Waals surface area contributed by atoms with Crippen LogP contribution in [0.3, 0.4) is 0 Å². The molecule has 2 rings (SSSR count). The molecule has 0 aliphatic carbocycles. The molecule has 1 fully saturated rings. The van der Waals surface area contributed by atoms with Crippen molar-refractivity contribution in [1.29, 1.82) is 0 Å². The predicted molar refractivity (Wildman–Crippen MR) is 72.8 cm³/mol. The third-order valence-corrected chi connectivity index (χ3v) is 4.10. The first-order valence-electron chi connectivity index (χ1n) is 6.31. The zero-order chi connectivity index (χ0) is 13.7. The van der Waals surface area contributed by atoms with Crippen LogP contribution in [0, 0.1) is 0 Å². The smallest absolute Gasteiger partial charge is 0.323 e. The number of ether oxygens (including phenoxy) is 1. The van der Waals surface area contributed by atoms with Gasteiger partial charge in [-0.1, -0.05) is 6.07 Å². The van der Waals surface area contributed by atoms with Crippen LogP contribution < -0.4 is 5.32 Å². The summed E-state index contributed by atoms with van der Waals surface area (Å²) in [4.78, 5) is 26.4. The molecule has 1 aliphatic heterocycles. The van der Waals surface area contributed by atoms with E-state index in [9.17, 15) is 9.59 Å². The van der Waals surface area contributed by atoms with Crippen LogP contribution in [0.1, 0.15) is 17.7 Å². The maximum atomic E-state index is 11.9. The van der Waals surface area contributed by atoms with Gasteiger partial charge in [0.25, 0.3) is 0 Å². The molecule has 0 spiro atoms. The minimum Gasteiger partial charge on any atom is -0.468 e. The van der Waals surface area contributed by atoms with E-state index in [2.05, 4.69) is 5.32 Å². The first-order chi connectivity index (χ1) is 9.20. The Hall–Kier alpha value is -1.40. The number of rotatable bonds is 5. The normalized spacial score (nSPS) is 19.3. The molecule has 0 aromatic carbocycles. The van der Waals surface area contributed by atoms with Gasteiger partial charge >= 0.3 is 5.97 Å². The average Bonchev–Trinajstić information content (AvgIpc) is 3.06. The van der Waals surface area contributed by atoms with Crippen molar-refractivity contribution in [3.05, 3.63) is 22.4 Å². The highest BCUT2D eigenvalue weighted by Crippen LogP contribution is 2.17. The summed E-state index contributed by atoms with van der Waals surface area (Å²) in [5.74, 6) is -0.298. The van der Waals surface area contributed by atoms with Crippen molar-refractivity contribution in [3.63, 3.8) is 0 Å². The van der Waals surface area contributed by atoms with Gasteiger partial charge in [0.1, 0.15) is 6.04 Å². The van der Waals surface area contributed by atoms with Crippen LogP contribution in [0.25, 0.3) is 0 Å². The summed E-state index contributed by atoms with van der Waals surface area (Å²) in [6, 6.07) is 3.68. The Labute approximate surface area is 116 Å². The number of methoxy groups -OCH3 is 1. The fourth-order valence-electron chi connectivity index (χ4n) is 2.26. The first-order valence-corrected chi connectivity index (χ1v) is 7.19. The van der Waals surface area contributed by atoms with Gasteiger partial charge in [0.15, 0.2) is 0 Å². The fraction of sp³-hybridized carbons (Fsp3) is 0.538. The van der Waals surface area contributed by atoms with Gasteiger partial charge < -0.3 is 10.1 Å². The van der Waals surface area contributed by atoms with Crippen LogP contribution in [0.4, 0.5) is 0 Å². The Kier molecular flexibility index (Phi) is 4.93.